The average Bonchev–Trinajstić information content (AvgIpc) is 2.84. The molecule has 0 aliphatic carbocycles. The molecular formula is C15H24N2. The van der Waals surface area contributed by atoms with Gasteiger partial charge in [-0.2, -0.15) is 0 Å². The topological polar surface area (TPSA) is 15.3 Å². The minimum Gasteiger partial charge on any atom is -0.316 e. The van der Waals surface area contributed by atoms with Crippen LogP contribution in [-0.4, -0.2) is 37.6 Å². The summed E-state index contributed by atoms with van der Waals surface area (Å²) in [5, 5.41) is 3.37. The Balaban J connectivity index is 1.58. The molecule has 1 heterocycles. The van der Waals surface area contributed by atoms with Gasteiger partial charge in [-0.25, -0.2) is 0 Å². The molecule has 0 saturated carbocycles. The van der Waals surface area contributed by atoms with Gasteiger partial charge in [0.2, 0.25) is 0 Å². The van der Waals surface area contributed by atoms with Gasteiger partial charge in [-0.05, 0) is 51.4 Å². The van der Waals surface area contributed by atoms with Crippen molar-refractivity contribution in [2.24, 2.45) is 0 Å². The average molecular weight is 232 g/mol. The quantitative estimate of drug-likeness (QED) is 0.757. The van der Waals surface area contributed by atoms with Gasteiger partial charge in [0.1, 0.15) is 0 Å². The lowest BCUT2D eigenvalue weighted by Crippen LogP contribution is -2.30. The molecule has 1 aromatic carbocycles. The molecule has 94 valence electrons. The fourth-order valence-corrected chi connectivity index (χ4v) is 2.58. The van der Waals surface area contributed by atoms with E-state index in [9.17, 15) is 0 Å². The van der Waals surface area contributed by atoms with Gasteiger partial charge < -0.3 is 10.2 Å². The number of benzene rings is 1. The number of nitrogens with zero attached hydrogens (tertiary/aromatic N) is 1. The van der Waals surface area contributed by atoms with Gasteiger partial charge in [-0.3, -0.25) is 0 Å². The number of hydrogen-bond donors (Lipinski definition) is 1. The summed E-state index contributed by atoms with van der Waals surface area (Å²) in [6.07, 6.45) is 5.18. The summed E-state index contributed by atoms with van der Waals surface area (Å²) in [5.41, 5.74) is 1.47. The number of aryl methyl sites for hydroxylation is 1. The highest BCUT2D eigenvalue weighted by Gasteiger charge is 2.19. The summed E-state index contributed by atoms with van der Waals surface area (Å²) in [7, 11) is 2.07. The Hall–Kier alpha value is -0.860. The molecule has 1 N–H and O–H groups in total. The smallest absolute Gasteiger partial charge is 0.0204 e. The van der Waals surface area contributed by atoms with Crippen LogP contribution < -0.4 is 5.32 Å². The number of rotatable bonds is 6. The summed E-state index contributed by atoms with van der Waals surface area (Å²) in [6, 6.07) is 11.5. The minimum atomic E-state index is 0.726. The predicted octanol–water partition coefficient (Wildman–Crippen LogP) is 2.30. The van der Waals surface area contributed by atoms with Crippen molar-refractivity contribution in [2.45, 2.75) is 31.7 Å². The molecular weight excluding hydrogens is 208 g/mol. The molecule has 1 aliphatic heterocycles. The largest absolute Gasteiger partial charge is 0.316 e. The highest BCUT2D eigenvalue weighted by Crippen LogP contribution is 2.11. The Kier molecular flexibility index (Phi) is 5.02. The highest BCUT2D eigenvalue weighted by atomic mass is 15.2. The van der Waals surface area contributed by atoms with E-state index in [2.05, 4.69) is 47.6 Å². The zero-order valence-electron chi connectivity index (χ0n) is 10.9. The lowest BCUT2D eigenvalue weighted by atomic mass is 10.1. The van der Waals surface area contributed by atoms with Crippen LogP contribution in [0.15, 0.2) is 30.3 Å². The number of likely N-dealkylation sites (N-methyl/N-ethyl adjacent to an activating group) is 1. The molecule has 0 aromatic heterocycles. The van der Waals surface area contributed by atoms with E-state index < -0.39 is 0 Å². The first kappa shape index (κ1) is 12.6. The molecule has 1 unspecified atom stereocenters. The fraction of sp³-hybridized carbons (Fsp3) is 0.600. The molecule has 2 rings (SSSR count). The number of hydrogen-bond acceptors (Lipinski definition) is 2. The highest BCUT2D eigenvalue weighted by molar-refractivity contribution is 5.14. The van der Waals surface area contributed by atoms with Gasteiger partial charge in [0.05, 0.1) is 0 Å². The van der Waals surface area contributed by atoms with E-state index in [0.29, 0.717) is 0 Å². The van der Waals surface area contributed by atoms with E-state index in [4.69, 9.17) is 0 Å². The van der Waals surface area contributed by atoms with Crippen LogP contribution in [0, 0.1) is 0 Å². The maximum absolute atomic E-state index is 3.37. The maximum atomic E-state index is 3.37. The van der Waals surface area contributed by atoms with E-state index in [1.807, 2.05) is 0 Å². The predicted molar refractivity (Wildman–Crippen MR) is 73.3 cm³/mol. The van der Waals surface area contributed by atoms with Crippen molar-refractivity contribution in [3.63, 3.8) is 0 Å². The molecule has 17 heavy (non-hydrogen) atoms. The molecule has 1 aliphatic rings. The van der Waals surface area contributed by atoms with Crippen molar-refractivity contribution in [3.8, 4) is 0 Å². The van der Waals surface area contributed by atoms with Gasteiger partial charge in [0.15, 0.2) is 0 Å². The summed E-state index contributed by atoms with van der Waals surface area (Å²) < 4.78 is 0. The van der Waals surface area contributed by atoms with E-state index in [-0.39, 0.29) is 0 Å². The van der Waals surface area contributed by atoms with Gasteiger partial charge in [-0.15, -0.1) is 0 Å². The lowest BCUT2D eigenvalue weighted by Gasteiger charge is -2.15. The van der Waals surface area contributed by atoms with Crippen LogP contribution in [0.1, 0.15) is 24.8 Å². The van der Waals surface area contributed by atoms with E-state index in [1.165, 1.54) is 50.9 Å². The first-order chi connectivity index (χ1) is 8.38. The normalized spacial score (nSPS) is 20.9. The van der Waals surface area contributed by atoms with Crippen LogP contribution >= 0.6 is 0 Å². The van der Waals surface area contributed by atoms with Gasteiger partial charge in [0, 0.05) is 12.6 Å². The van der Waals surface area contributed by atoms with Crippen molar-refractivity contribution >= 4 is 0 Å². The molecule has 0 spiro atoms. The Labute approximate surface area is 105 Å². The third-order valence-corrected chi connectivity index (χ3v) is 3.71. The van der Waals surface area contributed by atoms with Crippen molar-refractivity contribution in [1.82, 2.24) is 10.2 Å². The number of nitrogens with one attached hydrogen (secondary N) is 1. The molecule has 0 amide bonds. The molecule has 2 heteroatoms. The molecule has 0 radical (unpaired) electrons. The summed E-state index contributed by atoms with van der Waals surface area (Å²) >= 11 is 0. The molecule has 1 aromatic rings. The first-order valence-corrected chi connectivity index (χ1v) is 6.82. The summed E-state index contributed by atoms with van der Waals surface area (Å²) in [4.78, 5) is 2.59. The van der Waals surface area contributed by atoms with Gasteiger partial charge in [0.25, 0.3) is 0 Å². The third kappa shape index (κ3) is 4.14. The van der Waals surface area contributed by atoms with Gasteiger partial charge >= 0.3 is 0 Å². The second-order valence-corrected chi connectivity index (χ2v) is 5.02. The third-order valence-electron chi connectivity index (χ3n) is 3.71. The molecule has 2 nitrogen and oxygen atoms in total. The second-order valence-electron chi connectivity index (χ2n) is 5.02. The zero-order valence-corrected chi connectivity index (χ0v) is 10.9. The minimum absolute atomic E-state index is 0.726. The van der Waals surface area contributed by atoms with Crippen LogP contribution in [0.3, 0.4) is 0 Å². The van der Waals surface area contributed by atoms with Crippen molar-refractivity contribution in [2.75, 3.05) is 26.7 Å². The van der Waals surface area contributed by atoms with Crippen molar-refractivity contribution < 1.29 is 0 Å². The standard InChI is InChI=1S/C15H24N2/c1-16-15-10-12-17(13-15)11-6-5-9-14-7-3-2-4-8-14/h2-4,7-8,15-16H,5-6,9-13H2,1H3. The van der Waals surface area contributed by atoms with Crippen LogP contribution in [0.25, 0.3) is 0 Å². The Bertz CT molecular complexity index is 310. The van der Waals surface area contributed by atoms with E-state index >= 15 is 0 Å². The lowest BCUT2D eigenvalue weighted by molar-refractivity contribution is 0.322. The van der Waals surface area contributed by atoms with E-state index in [1.54, 1.807) is 0 Å². The Morgan fingerprint density at radius 3 is 2.76 bits per heavy atom. The molecule has 1 atom stereocenters. The SMILES string of the molecule is CNC1CCN(CCCCc2ccccc2)C1. The molecule has 0 bridgehead atoms. The van der Waals surface area contributed by atoms with Gasteiger partial charge in [-0.1, -0.05) is 30.3 Å². The van der Waals surface area contributed by atoms with E-state index in [0.717, 1.165) is 6.04 Å². The fourth-order valence-electron chi connectivity index (χ4n) is 2.58. The first-order valence-electron chi connectivity index (χ1n) is 6.82. The molecule has 1 saturated heterocycles. The van der Waals surface area contributed by atoms with Crippen LogP contribution in [0.5, 0.6) is 0 Å². The van der Waals surface area contributed by atoms with Crippen LogP contribution in [0.4, 0.5) is 0 Å². The monoisotopic (exact) mass is 232 g/mol. The van der Waals surface area contributed by atoms with Crippen molar-refractivity contribution in [3.05, 3.63) is 35.9 Å². The molecule has 1 fully saturated rings. The summed E-state index contributed by atoms with van der Waals surface area (Å²) in [6.45, 7) is 3.78. The van der Waals surface area contributed by atoms with Crippen LogP contribution in [0.2, 0.25) is 0 Å². The second kappa shape index (κ2) is 6.77. The number of likely N-dealkylation sites (tertiary alicyclic amines) is 1. The Morgan fingerprint density at radius 1 is 1.24 bits per heavy atom. The number of unbranched alkanes of at least 4 members (excludes halogenated alkanes) is 1. The maximum Gasteiger partial charge on any atom is 0.0204 e. The summed E-state index contributed by atoms with van der Waals surface area (Å²) in [5.74, 6) is 0. The zero-order chi connectivity index (χ0) is 11.9. The Morgan fingerprint density at radius 2 is 2.06 bits per heavy atom. The van der Waals surface area contributed by atoms with Crippen molar-refractivity contribution in [1.29, 1.82) is 0 Å². The van der Waals surface area contributed by atoms with Crippen LogP contribution in [-0.2, 0) is 6.42 Å².